The molecule has 0 saturated heterocycles. The molecule has 0 aliphatic heterocycles. The molecule has 6 heteroatoms. The molecule has 0 spiro atoms. The summed E-state index contributed by atoms with van der Waals surface area (Å²) in [6.07, 6.45) is 1.65. The largest absolute Gasteiger partial charge is 0.307 e. The van der Waals surface area contributed by atoms with Gasteiger partial charge in [-0.1, -0.05) is 0 Å². The zero-order valence-electron chi connectivity index (χ0n) is 9.87. The molecule has 0 unspecified atom stereocenters. The molecule has 0 radical (unpaired) electrons. The summed E-state index contributed by atoms with van der Waals surface area (Å²) in [6.45, 7) is 1.96. The Balaban J connectivity index is 2.32. The van der Waals surface area contributed by atoms with Gasteiger partial charge in [0.1, 0.15) is 5.82 Å². The molecular weight excluding hydrogens is 409 g/mol. The zero-order chi connectivity index (χ0) is 13.3. The number of nitrogens with one attached hydrogen (secondary N) is 1. The minimum absolute atomic E-state index is 0.132. The van der Waals surface area contributed by atoms with E-state index >= 15 is 0 Å². The standard InChI is InChI=1S/C12H11BrIN3O/c1-7-5-8(11(14)9(13)6-7)12(18)16-10-3-4-15-17(10)2/h3-6H,1-2H3,(H,16,18). The van der Waals surface area contributed by atoms with E-state index in [0.29, 0.717) is 11.4 Å². The van der Waals surface area contributed by atoms with Crippen molar-refractivity contribution in [1.29, 1.82) is 0 Å². The summed E-state index contributed by atoms with van der Waals surface area (Å²) < 4.78 is 3.45. The summed E-state index contributed by atoms with van der Waals surface area (Å²) in [5.74, 6) is 0.542. The van der Waals surface area contributed by atoms with Crippen molar-refractivity contribution in [3.8, 4) is 0 Å². The summed E-state index contributed by atoms with van der Waals surface area (Å²) >= 11 is 5.61. The SMILES string of the molecule is Cc1cc(Br)c(I)c(C(=O)Nc2ccnn2C)c1. The monoisotopic (exact) mass is 419 g/mol. The van der Waals surface area contributed by atoms with Crippen molar-refractivity contribution < 1.29 is 4.79 Å². The Morgan fingerprint density at radius 1 is 1.50 bits per heavy atom. The van der Waals surface area contributed by atoms with E-state index in [2.05, 4.69) is 48.9 Å². The van der Waals surface area contributed by atoms with Crippen LogP contribution < -0.4 is 5.32 Å². The lowest BCUT2D eigenvalue weighted by molar-refractivity contribution is 0.102. The molecule has 0 aliphatic rings. The van der Waals surface area contributed by atoms with Crippen molar-refractivity contribution in [2.24, 2.45) is 7.05 Å². The lowest BCUT2D eigenvalue weighted by Gasteiger charge is -2.09. The minimum Gasteiger partial charge on any atom is -0.307 e. The van der Waals surface area contributed by atoms with Crippen molar-refractivity contribution in [1.82, 2.24) is 9.78 Å². The van der Waals surface area contributed by atoms with Crippen LogP contribution >= 0.6 is 38.5 Å². The van der Waals surface area contributed by atoms with Gasteiger partial charge in [-0.15, -0.1) is 0 Å². The number of anilines is 1. The van der Waals surface area contributed by atoms with Crippen LogP contribution in [0.15, 0.2) is 28.9 Å². The predicted octanol–water partition coefficient (Wildman–Crippen LogP) is 3.35. The highest BCUT2D eigenvalue weighted by Gasteiger charge is 2.14. The van der Waals surface area contributed by atoms with Crippen LogP contribution in [0.2, 0.25) is 0 Å². The molecule has 1 aromatic carbocycles. The number of rotatable bonds is 2. The Morgan fingerprint density at radius 3 is 2.83 bits per heavy atom. The molecular formula is C12H11BrIN3O. The molecule has 1 amide bonds. The van der Waals surface area contributed by atoms with Crippen LogP contribution in [-0.2, 0) is 7.05 Å². The average molecular weight is 420 g/mol. The maximum Gasteiger partial charge on any atom is 0.257 e. The van der Waals surface area contributed by atoms with Gasteiger partial charge in [-0.2, -0.15) is 5.10 Å². The van der Waals surface area contributed by atoms with Gasteiger partial charge >= 0.3 is 0 Å². The van der Waals surface area contributed by atoms with Gasteiger partial charge in [0.2, 0.25) is 0 Å². The number of hydrogen-bond donors (Lipinski definition) is 1. The van der Waals surface area contributed by atoms with Crippen LogP contribution in [0.5, 0.6) is 0 Å². The van der Waals surface area contributed by atoms with E-state index in [1.54, 1.807) is 24.0 Å². The first-order valence-corrected chi connectivity index (χ1v) is 7.11. The van der Waals surface area contributed by atoms with Gasteiger partial charge in [0.15, 0.2) is 0 Å². The van der Waals surface area contributed by atoms with Gasteiger partial charge in [-0.3, -0.25) is 9.48 Å². The third-order valence-corrected chi connectivity index (χ3v) is 5.01. The predicted molar refractivity (Wildman–Crippen MR) is 82.8 cm³/mol. The Hall–Kier alpha value is -0.890. The van der Waals surface area contributed by atoms with Gasteiger partial charge in [0.05, 0.1) is 11.8 Å². The van der Waals surface area contributed by atoms with Crippen LogP contribution in [0.1, 0.15) is 15.9 Å². The summed E-state index contributed by atoms with van der Waals surface area (Å²) in [4.78, 5) is 12.2. The average Bonchev–Trinajstić information content (AvgIpc) is 2.69. The molecule has 18 heavy (non-hydrogen) atoms. The molecule has 0 bridgehead atoms. The van der Waals surface area contributed by atoms with E-state index in [4.69, 9.17) is 0 Å². The van der Waals surface area contributed by atoms with Crippen LogP contribution in [0, 0.1) is 10.5 Å². The van der Waals surface area contributed by atoms with Crippen molar-refractivity contribution >= 4 is 50.2 Å². The normalized spacial score (nSPS) is 10.4. The summed E-state index contributed by atoms with van der Waals surface area (Å²) in [5, 5.41) is 6.85. The number of carbonyl (C=O) groups excluding carboxylic acids is 1. The van der Waals surface area contributed by atoms with E-state index in [1.807, 2.05) is 19.1 Å². The van der Waals surface area contributed by atoms with Crippen LogP contribution in [0.3, 0.4) is 0 Å². The fourth-order valence-corrected chi connectivity index (χ4v) is 2.70. The van der Waals surface area contributed by atoms with Crippen molar-refractivity contribution in [3.63, 3.8) is 0 Å². The Morgan fingerprint density at radius 2 is 2.22 bits per heavy atom. The number of carbonyl (C=O) groups is 1. The van der Waals surface area contributed by atoms with Gasteiger partial charge < -0.3 is 5.32 Å². The molecule has 0 aliphatic carbocycles. The number of benzene rings is 1. The topological polar surface area (TPSA) is 46.9 Å². The van der Waals surface area contributed by atoms with E-state index < -0.39 is 0 Å². The summed E-state index contributed by atoms with van der Waals surface area (Å²) in [7, 11) is 1.78. The molecule has 1 N–H and O–H groups in total. The number of aromatic nitrogens is 2. The lowest BCUT2D eigenvalue weighted by atomic mass is 10.1. The molecule has 2 rings (SSSR count). The van der Waals surface area contributed by atoms with E-state index in [9.17, 15) is 4.79 Å². The number of hydrogen-bond acceptors (Lipinski definition) is 2. The fourth-order valence-electron chi connectivity index (χ4n) is 1.57. The quantitative estimate of drug-likeness (QED) is 0.759. The molecule has 0 atom stereocenters. The first-order valence-electron chi connectivity index (χ1n) is 5.24. The molecule has 0 fully saturated rings. The van der Waals surface area contributed by atoms with Crippen molar-refractivity contribution in [2.45, 2.75) is 6.92 Å². The van der Waals surface area contributed by atoms with Crippen molar-refractivity contribution in [3.05, 3.63) is 43.6 Å². The van der Waals surface area contributed by atoms with Crippen LogP contribution in [0.4, 0.5) is 5.82 Å². The second-order valence-electron chi connectivity index (χ2n) is 3.90. The van der Waals surface area contributed by atoms with Crippen LogP contribution in [0.25, 0.3) is 0 Å². The number of halogens is 2. The molecule has 4 nitrogen and oxygen atoms in total. The van der Waals surface area contributed by atoms with Gasteiger partial charge in [-0.25, -0.2) is 0 Å². The second kappa shape index (κ2) is 5.40. The summed E-state index contributed by atoms with van der Waals surface area (Å²) in [5.41, 5.74) is 1.70. The molecule has 1 heterocycles. The van der Waals surface area contributed by atoms with Crippen LogP contribution in [-0.4, -0.2) is 15.7 Å². The molecule has 2 aromatic rings. The van der Waals surface area contributed by atoms with Gasteiger partial charge in [-0.05, 0) is 63.1 Å². The maximum atomic E-state index is 12.2. The number of nitrogens with zero attached hydrogens (tertiary/aromatic N) is 2. The number of amides is 1. The van der Waals surface area contributed by atoms with E-state index in [0.717, 1.165) is 13.6 Å². The van der Waals surface area contributed by atoms with Gasteiger partial charge in [0.25, 0.3) is 5.91 Å². The summed E-state index contributed by atoms with van der Waals surface area (Å²) in [6, 6.07) is 5.62. The highest BCUT2D eigenvalue weighted by atomic mass is 127. The van der Waals surface area contributed by atoms with E-state index in [1.165, 1.54) is 0 Å². The first-order chi connectivity index (χ1) is 8.49. The Bertz CT molecular complexity index is 609. The Kier molecular flexibility index (Phi) is 4.06. The molecule has 1 aromatic heterocycles. The third kappa shape index (κ3) is 2.74. The highest BCUT2D eigenvalue weighted by molar-refractivity contribution is 14.1. The Labute approximate surface area is 127 Å². The number of aryl methyl sites for hydroxylation is 2. The highest BCUT2D eigenvalue weighted by Crippen LogP contribution is 2.25. The molecule has 94 valence electrons. The fraction of sp³-hybridized carbons (Fsp3) is 0.167. The minimum atomic E-state index is -0.132. The third-order valence-electron chi connectivity index (χ3n) is 2.48. The second-order valence-corrected chi connectivity index (χ2v) is 5.84. The first kappa shape index (κ1) is 13.5. The van der Waals surface area contributed by atoms with Gasteiger partial charge in [0, 0.05) is 21.2 Å². The maximum absolute atomic E-state index is 12.2. The lowest BCUT2D eigenvalue weighted by Crippen LogP contribution is -2.16. The van der Waals surface area contributed by atoms with Crippen molar-refractivity contribution in [2.75, 3.05) is 5.32 Å². The smallest absolute Gasteiger partial charge is 0.257 e. The zero-order valence-corrected chi connectivity index (χ0v) is 13.6. The van der Waals surface area contributed by atoms with E-state index in [-0.39, 0.29) is 5.91 Å². The molecule has 0 saturated carbocycles.